The topological polar surface area (TPSA) is 23.8 Å². The van der Waals surface area contributed by atoms with E-state index in [0.717, 1.165) is 37.5 Å². The zero-order valence-corrected chi connectivity index (χ0v) is 16.8. The number of rotatable bonds is 9. The van der Waals surface area contributed by atoms with Gasteiger partial charge in [-0.2, -0.15) is 9.65 Å². The molecule has 146 valence electrons. The van der Waals surface area contributed by atoms with Crippen LogP contribution in [0.5, 0.6) is 0 Å². The molecule has 0 bridgehead atoms. The summed E-state index contributed by atoms with van der Waals surface area (Å²) in [6.45, 7) is 6.76. The molecular formula is C24H38FN. The van der Waals surface area contributed by atoms with E-state index in [2.05, 4.69) is 13.5 Å². The van der Waals surface area contributed by atoms with E-state index in [1.54, 1.807) is 6.07 Å². The van der Waals surface area contributed by atoms with Crippen molar-refractivity contribution >= 4 is 0 Å². The van der Waals surface area contributed by atoms with E-state index < -0.39 is 5.83 Å². The number of hydrogen-bond donors (Lipinski definition) is 0. The molecule has 0 aliphatic heterocycles. The average Bonchev–Trinajstić information content (AvgIpc) is 2.68. The van der Waals surface area contributed by atoms with Crippen LogP contribution in [0.25, 0.3) is 0 Å². The third kappa shape index (κ3) is 6.90. The van der Waals surface area contributed by atoms with Crippen LogP contribution in [0.15, 0.2) is 24.1 Å². The largest absolute Gasteiger partial charge is 0.196 e. The number of nitrogens with zero attached hydrogens (tertiary/aromatic N) is 1. The predicted molar refractivity (Wildman–Crippen MR) is 108 cm³/mol. The van der Waals surface area contributed by atoms with Gasteiger partial charge >= 0.3 is 0 Å². The van der Waals surface area contributed by atoms with Crippen LogP contribution in [0.4, 0.5) is 4.39 Å². The highest BCUT2D eigenvalue weighted by atomic mass is 19.1. The Morgan fingerprint density at radius 3 is 2.12 bits per heavy atom. The summed E-state index contributed by atoms with van der Waals surface area (Å²) in [6, 6.07) is 1.60. The lowest BCUT2D eigenvalue weighted by molar-refractivity contribution is 0.252. The molecule has 0 heterocycles. The van der Waals surface area contributed by atoms with Gasteiger partial charge in [-0.3, -0.25) is 0 Å². The number of allylic oxidation sites excluding steroid dienone is 3. The van der Waals surface area contributed by atoms with Gasteiger partial charge in [0.2, 0.25) is 0 Å². The van der Waals surface area contributed by atoms with Crippen LogP contribution in [0.3, 0.4) is 0 Å². The lowest BCUT2D eigenvalue weighted by Crippen LogP contribution is -2.22. The zero-order chi connectivity index (χ0) is 18.8. The molecule has 2 aliphatic rings. The molecule has 2 aliphatic carbocycles. The second kappa shape index (κ2) is 11.6. The third-order valence-corrected chi connectivity index (χ3v) is 6.87. The SMILES string of the molecule is C=C([C@H]1CC[C@H](/C=C(/F)C#N)CC1)[C@H]1CC[C@H](CCCCCCC)CC1. The van der Waals surface area contributed by atoms with Gasteiger partial charge in [0.05, 0.1) is 0 Å². The molecule has 0 N–H and O–H groups in total. The molecule has 0 amide bonds. The minimum atomic E-state index is -0.611. The molecule has 26 heavy (non-hydrogen) atoms. The molecular weight excluding hydrogens is 321 g/mol. The first-order valence-corrected chi connectivity index (χ1v) is 11.1. The summed E-state index contributed by atoms with van der Waals surface area (Å²) in [5.74, 6) is 1.94. The smallest absolute Gasteiger partial charge is 0.195 e. The normalized spacial score (nSPS) is 30.0. The molecule has 0 unspecified atom stereocenters. The van der Waals surface area contributed by atoms with E-state index >= 15 is 0 Å². The molecule has 1 nitrogen and oxygen atoms in total. The average molecular weight is 360 g/mol. The van der Waals surface area contributed by atoms with Gasteiger partial charge in [-0.15, -0.1) is 0 Å². The fourth-order valence-electron chi connectivity index (χ4n) is 5.09. The Kier molecular flexibility index (Phi) is 9.44. The molecule has 0 aromatic rings. The molecule has 2 rings (SSSR count). The minimum Gasteiger partial charge on any atom is -0.195 e. The van der Waals surface area contributed by atoms with Crippen molar-refractivity contribution in [2.45, 2.75) is 96.8 Å². The van der Waals surface area contributed by atoms with E-state index in [9.17, 15) is 4.39 Å². The zero-order valence-electron chi connectivity index (χ0n) is 16.8. The van der Waals surface area contributed by atoms with Crippen LogP contribution in [-0.2, 0) is 0 Å². The van der Waals surface area contributed by atoms with Gasteiger partial charge in [0.15, 0.2) is 5.83 Å². The first-order chi connectivity index (χ1) is 12.6. The van der Waals surface area contributed by atoms with Crippen molar-refractivity contribution in [1.29, 1.82) is 5.26 Å². The van der Waals surface area contributed by atoms with Gasteiger partial charge in [0.25, 0.3) is 0 Å². The van der Waals surface area contributed by atoms with Crippen LogP contribution < -0.4 is 0 Å². The Hall–Kier alpha value is -1.10. The van der Waals surface area contributed by atoms with Gasteiger partial charge in [-0.05, 0) is 81.1 Å². The summed E-state index contributed by atoms with van der Waals surface area (Å²) in [7, 11) is 0. The fraction of sp³-hybridized carbons (Fsp3) is 0.792. The van der Waals surface area contributed by atoms with Crippen LogP contribution in [0.1, 0.15) is 96.8 Å². The summed E-state index contributed by atoms with van der Waals surface area (Å²) in [5, 5.41) is 8.58. The van der Waals surface area contributed by atoms with Gasteiger partial charge in [0.1, 0.15) is 6.07 Å². The van der Waals surface area contributed by atoms with E-state index in [1.165, 1.54) is 75.9 Å². The highest BCUT2D eigenvalue weighted by Gasteiger charge is 2.29. The van der Waals surface area contributed by atoms with Gasteiger partial charge in [-0.25, -0.2) is 0 Å². The summed E-state index contributed by atoms with van der Waals surface area (Å²) in [6.07, 6.45) is 19.7. The summed E-state index contributed by atoms with van der Waals surface area (Å²) in [4.78, 5) is 0. The van der Waals surface area contributed by atoms with Crippen LogP contribution in [0, 0.1) is 35.0 Å². The standard InChI is InChI=1S/C24H38FN/c1-3-4-5-6-7-8-20-9-13-22(14-10-20)19(2)23-15-11-21(12-16-23)17-24(25)18-26/h17,20-23H,2-16H2,1H3/b24-17+/t20-,21-,22-,23-. The monoisotopic (exact) mass is 359 g/mol. The van der Waals surface area contributed by atoms with Gasteiger partial charge in [-0.1, -0.05) is 57.6 Å². The molecule has 0 aromatic heterocycles. The second-order valence-electron chi connectivity index (χ2n) is 8.73. The molecule has 0 aromatic carbocycles. The van der Waals surface area contributed by atoms with Crippen LogP contribution in [-0.4, -0.2) is 0 Å². The van der Waals surface area contributed by atoms with E-state index in [4.69, 9.17) is 5.26 Å². The Morgan fingerprint density at radius 1 is 0.962 bits per heavy atom. The molecule has 2 saturated carbocycles. The maximum absolute atomic E-state index is 13.1. The predicted octanol–water partition coefficient (Wildman–Crippen LogP) is 7.89. The van der Waals surface area contributed by atoms with Crippen molar-refractivity contribution in [2.24, 2.45) is 23.7 Å². The minimum absolute atomic E-state index is 0.252. The lowest BCUT2D eigenvalue weighted by Gasteiger charge is -2.35. The first kappa shape index (κ1) is 21.2. The number of nitriles is 1. The van der Waals surface area contributed by atoms with Crippen molar-refractivity contribution < 1.29 is 4.39 Å². The van der Waals surface area contributed by atoms with Crippen LogP contribution >= 0.6 is 0 Å². The quantitative estimate of drug-likeness (QED) is 0.233. The molecule has 2 fully saturated rings. The van der Waals surface area contributed by atoms with E-state index in [-0.39, 0.29) is 5.92 Å². The lowest BCUT2D eigenvalue weighted by atomic mass is 9.70. The maximum Gasteiger partial charge on any atom is 0.196 e. The first-order valence-electron chi connectivity index (χ1n) is 11.1. The van der Waals surface area contributed by atoms with Crippen LogP contribution in [0.2, 0.25) is 0 Å². The Morgan fingerprint density at radius 2 is 1.54 bits per heavy atom. The van der Waals surface area contributed by atoms with Crippen molar-refractivity contribution in [3.05, 3.63) is 24.1 Å². The van der Waals surface area contributed by atoms with Crippen molar-refractivity contribution in [2.75, 3.05) is 0 Å². The fourth-order valence-corrected chi connectivity index (χ4v) is 5.09. The molecule has 0 spiro atoms. The molecule has 0 saturated heterocycles. The summed E-state index contributed by atoms with van der Waals surface area (Å²) >= 11 is 0. The second-order valence-corrected chi connectivity index (χ2v) is 8.73. The number of halogens is 1. The third-order valence-electron chi connectivity index (χ3n) is 6.87. The van der Waals surface area contributed by atoms with Crippen molar-refractivity contribution in [1.82, 2.24) is 0 Å². The van der Waals surface area contributed by atoms with E-state index in [1.807, 2.05) is 0 Å². The summed E-state index contributed by atoms with van der Waals surface area (Å²) in [5.41, 5.74) is 1.48. The Bertz CT molecular complexity index is 485. The Balaban J connectivity index is 1.65. The summed E-state index contributed by atoms with van der Waals surface area (Å²) < 4.78 is 13.1. The maximum atomic E-state index is 13.1. The van der Waals surface area contributed by atoms with Gasteiger partial charge in [0, 0.05) is 0 Å². The molecule has 0 atom stereocenters. The Labute approximate surface area is 160 Å². The molecule has 0 radical (unpaired) electrons. The number of hydrogen-bond acceptors (Lipinski definition) is 1. The highest BCUT2D eigenvalue weighted by Crippen LogP contribution is 2.42. The molecule has 2 heteroatoms. The van der Waals surface area contributed by atoms with E-state index in [0.29, 0.717) is 5.92 Å². The van der Waals surface area contributed by atoms with Crippen molar-refractivity contribution in [3.8, 4) is 6.07 Å². The number of unbranched alkanes of at least 4 members (excludes halogenated alkanes) is 4. The van der Waals surface area contributed by atoms with Crippen molar-refractivity contribution in [3.63, 3.8) is 0 Å². The van der Waals surface area contributed by atoms with Gasteiger partial charge < -0.3 is 0 Å². The highest BCUT2D eigenvalue weighted by molar-refractivity contribution is 5.15.